The number of piperidine rings is 1. The Bertz CT molecular complexity index is 492. The lowest BCUT2D eigenvalue weighted by Crippen LogP contribution is -2.30. The average molecular weight is 245 g/mol. The topological polar surface area (TPSA) is 68.0 Å². The second-order valence-corrected chi connectivity index (χ2v) is 5.68. The molecule has 1 saturated heterocycles. The number of nitrogens with zero attached hydrogens (tertiary/aromatic N) is 1. The van der Waals surface area contributed by atoms with Gasteiger partial charge in [0.05, 0.1) is 5.56 Å². The summed E-state index contributed by atoms with van der Waals surface area (Å²) in [5.41, 5.74) is 7.71. The lowest BCUT2D eigenvalue weighted by atomic mass is 9.89. The summed E-state index contributed by atoms with van der Waals surface area (Å²) in [6.45, 7) is 4.01. The molecule has 1 aromatic rings. The van der Waals surface area contributed by atoms with Crippen molar-refractivity contribution in [2.75, 3.05) is 18.8 Å². The second kappa shape index (κ2) is 4.05. The Labute approximate surface area is 107 Å². The highest BCUT2D eigenvalue weighted by Crippen LogP contribution is 2.59. The quantitative estimate of drug-likeness (QED) is 0.776. The first-order valence-corrected chi connectivity index (χ1v) is 6.59. The number of anilines is 1. The number of Topliss-reactive ketones (excluding diaryl/α,β-unsaturated/α-hetero) is 1. The fourth-order valence-corrected chi connectivity index (χ4v) is 3.16. The van der Waals surface area contributed by atoms with Crippen molar-refractivity contribution in [1.82, 2.24) is 10.3 Å². The summed E-state index contributed by atoms with van der Waals surface area (Å²) in [6, 6.07) is 1.87. The van der Waals surface area contributed by atoms with Crippen LogP contribution in [0, 0.1) is 18.3 Å². The van der Waals surface area contributed by atoms with Crippen LogP contribution >= 0.6 is 0 Å². The van der Waals surface area contributed by atoms with E-state index in [-0.39, 0.29) is 17.1 Å². The first kappa shape index (κ1) is 11.7. The highest BCUT2D eigenvalue weighted by Gasteiger charge is 2.57. The zero-order valence-electron chi connectivity index (χ0n) is 10.7. The van der Waals surface area contributed by atoms with E-state index in [1.807, 2.05) is 13.0 Å². The van der Waals surface area contributed by atoms with Gasteiger partial charge in [0.1, 0.15) is 5.82 Å². The number of ketones is 1. The molecule has 1 aliphatic carbocycles. The lowest BCUT2D eigenvalue weighted by Gasteiger charge is -2.23. The molecule has 1 saturated carbocycles. The van der Waals surface area contributed by atoms with Crippen LogP contribution in [0.1, 0.15) is 35.2 Å². The molecule has 1 unspecified atom stereocenters. The van der Waals surface area contributed by atoms with Crippen LogP contribution in [0.3, 0.4) is 0 Å². The number of carbonyl (C=O) groups is 1. The normalized spacial score (nSPS) is 25.1. The number of hydrogen-bond donors (Lipinski definition) is 2. The Morgan fingerprint density at radius 1 is 1.50 bits per heavy atom. The van der Waals surface area contributed by atoms with Gasteiger partial charge in [0.2, 0.25) is 0 Å². The number of aromatic nitrogens is 1. The van der Waals surface area contributed by atoms with Crippen LogP contribution in [-0.2, 0) is 0 Å². The monoisotopic (exact) mass is 245 g/mol. The van der Waals surface area contributed by atoms with E-state index in [9.17, 15) is 4.79 Å². The average Bonchev–Trinajstić information content (AvgIpc) is 3.06. The van der Waals surface area contributed by atoms with E-state index in [0.29, 0.717) is 11.4 Å². The van der Waals surface area contributed by atoms with Gasteiger partial charge < -0.3 is 11.1 Å². The molecule has 3 N–H and O–H groups in total. The van der Waals surface area contributed by atoms with E-state index < -0.39 is 0 Å². The van der Waals surface area contributed by atoms with Crippen molar-refractivity contribution in [3.05, 3.63) is 23.4 Å². The van der Waals surface area contributed by atoms with Gasteiger partial charge in [-0.15, -0.1) is 0 Å². The van der Waals surface area contributed by atoms with E-state index in [0.717, 1.165) is 37.9 Å². The number of nitrogens with two attached hydrogens (primary N) is 1. The van der Waals surface area contributed by atoms with Crippen LogP contribution in [0.25, 0.3) is 0 Å². The first-order chi connectivity index (χ1) is 8.62. The minimum absolute atomic E-state index is 0.172. The molecule has 1 atom stereocenters. The van der Waals surface area contributed by atoms with Crippen LogP contribution in [0.2, 0.25) is 0 Å². The predicted octanol–water partition coefficient (Wildman–Crippen LogP) is 1.54. The molecule has 0 bridgehead atoms. The minimum Gasteiger partial charge on any atom is -0.383 e. The maximum Gasteiger partial charge on any atom is 0.170 e. The van der Waals surface area contributed by atoms with Crippen LogP contribution in [-0.4, -0.2) is 23.9 Å². The molecule has 2 heterocycles. The van der Waals surface area contributed by atoms with Crippen molar-refractivity contribution in [1.29, 1.82) is 0 Å². The molecule has 0 radical (unpaired) electrons. The van der Waals surface area contributed by atoms with Gasteiger partial charge in [-0.2, -0.15) is 0 Å². The molecule has 96 valence electrons. The van der Waals surface area contributed by atoms with Crippen LogP contribution < -0.4 is 11.1 Å². The zero-order valence-corrected chi connectivity index (χ0v) is 10.7. The predicted molar refractivity (Wildman–Crippen MR) is 70.4 cm³/mol. The summed E-state index contributed by atoms with van der Waals surface area (Å²) in [6.07, 6.45) is 4.96. The largest absolute Gasteiger partial charge is 0.383 e. The summed E-state index contributed by atoms with van der Waals surface area (Å²) in [4.78, 5) is 16.6. The Balaban J connectivity index is 1.82. The van der Waals surface area contributed by atoms with Gasteiger partial charge in [-0.25, -0.2) is 4.98 Å². The Hall–Kier alpha value is -1.42. The van der Waals surface area contributed by atoms with Crippen molar-refractivity contribution in [2.45, 2.75) is 26.2 Å². The summed E-state index contributed by atoms with van der Waals surface area (Å²) in [7, 11) is 0. The third-order valence-electron chi connectivity index (χ3n) is 4.43. The number of nitrogens with one attached hydrogen (secondary N) is 1. The number of aryl methyl sites for hydroxylation is 1. The summed E-state index contributed by atoms with van der Waals surface area (Å²) >= 11 is 0. The van der Waals surface area contributed by atoms with Crippen molar-refractivity contribution in [2.24, 2.45) is 11.3 Å². The smallest absolute Gasteiger partial charge is 0.170 e. The summed E-state index contributed by atoms with van der Waals surface area (Å²) in [5.74, 6) is 0.748. The van der Waals surface area contributed by atoms with Gasteiger partial charge >= 0.3 is 0 Å². The van der Waals surface area contributed by atoms with E-state index in [2.05, 4.69) is 10.3 Å². The third kappa shape index (κ3) is 1.81. The molecule has 4 nitrogen and oxygen atoms in total. The van der Waals surface area contributed by atoms with E-state index in [1.54, 1.807) is 6.20 Å². The lowest BCUT2D eigenvalue weighted by molar-refractivity contribution is 0.0941. The number of carbonyl (C=O) groups excluding carboxylic acids is 1. The van der Waals surface area contributed by atoms with Crippen molar-refractivity contribution in [3.8, 4) is 0 Å². The van der Waals surface area contributed by atoms with Gasteiger partial charge in [0.25, 0.3) is 0 Å². The molecule has 3 rings (SSSR count). The maximum atomic E-state index is 12.5. The molecular weight excluding hydrogens is 226 g/mol. The van der Waals surface area contributed by atoms with Gasteiger partial charge in [0.15, 0.2) is 5.78 Å². The van der Waals surface area contributed by atoms with Crippen molar-refractivity contribution < 1.29 is 4.79 Å². The van der Waals surface area contributed by atoms with Gasteiger partial charge in [-0.05, 0) is 56.3 Å². The molecule has 0 amide bonds. The summed E-state index contributed by atoms with van der Waals surface area (Å²) in [5, 5.41) is 3.35. The highest BCUT2D eigenvalue weighted by molar-refractivity contribution is 6.03. The Kier molecular flexibility index (Phi) is 2.63. The molecule has 2 aliphatic rings. The highest BCUT2D eigenvalue weighted by atomic mass is 16.1. The fraction of sp³-hybridized carbons (Fsp3) is 0.571. The zero-order chi connectivity index (χ0) is 12.8. The van der Waals surface area contributed by atoms with E-state index in [4.69, 9.17) is 5.73 Å². The molecule has 4 heteroatoms. The van der Waals surface area contributed by atoms with Crippen LogP contribution in [0.15, 0.2) is 12.3 Å². The number of pyridine rings is 1. The van der Waals surface area contributed by atoms with Gasteiger partial charge in [-0.3, -0.25) is 4.79 Å². The Morgan fingerprint density at radius 2 is 2.22 bits per heavy atom. The fourth-order valence-electron chi connectivity index (χ4n) is 3.16. The molecular formula is C14H19N3O. The first-order valence-electron chi connectivity index (χ1n) is 6.59. The van der Waals surface area contributed by atoms with E-state index in [1.165, 1.54) is 0 Å². The molecule has 1 aliphatic heterocycles. The molecule has 18 heavy (non-hydrogen) atoms. The number of nitrogen functional groups attached to an aromatic ring is 1. The Morgan fingerprint density at radius 3 is 2.94 bits per heavy atom. The standard InChI is InChI=1S/C14H19N3O/c1-9-6-10(13(15)17-8-9)12(18)11-7-14(11)2-4-16-5-3-14/h6,8,11,16H,2-5,7H2,1H3,(H2,15,17). The van der Waals surface area contributed by atoms with Crippen LogP contribution in [0.5, 0.6) is 0 Å². The SMILES string of the molecule is Cc1cnc(N)c(C(=O)C2CC23CCNCC3)c1. The molecule has 1 aromatic heterocycles. The number of hydrogen-bond acceptors (Lipinski definition) is 4. The number of rotatable bonds is 2. The molecule has 2 fully saturated rings. The summed E-state index contributed by atoms with van der Waals surface area (Å²) < 4.78 is 0. The van der Waals surface area contributed by atoms with Gasteiger partial charge in [-0.1, -0.05) is 0 Å². The maximum absolute atomic E-state index is 12.5. The second-order valence-electron chi connectivity index (χ2n) is 5.68. The van der Waals surface area contributed by atoms with Gasteiger partial charge in [0, 0.05) is 12.1 Å². The van der Waals surface area contributed by atoms with Crippen molar-refractivity contribution >= 4 is 11.6 Å². The molecule has 1 spiro atoms. The van der Waals surface area contributed by atoms with Crippen LogP contribution in [0.4, 0.5) is 5.82 Å². The minimum atomic E-state index is 0.172. The molecule has 0 aromatic carbocycles. The van der Waals surface area contributed by atoms with E-state index >= 15 is 0 Å². The third-order valence-corrected chi connectivity index (χ3v) is 4.43. The van der Waals surface area contributed by atoms with Crippen molar-refractivity contribution in [3.63, 3.8) is 0 Å².